The Hall–Kier alpha value is -0.820. The van der Waals surface area contributed by atoms with Gasteiger partial charge in [-0.1, -0.05) is 31.2 Å². The molecule has 1 aliphatic rings. The van der Waals surface area contributed by atoms with E-state index in [1.165, 1.54) is 24.0 Å². The molecule has 70 valence electrons. The van der Waals surface area contributed by atoms with Crippen molar-refractivity contribution >= 4 is 0 Å². The van der Waals surface area contributed by atoms with Crippen molar-refractivity contribution in [3.05, 3.63) is 35.4 Å². The van der Waals surface area contributed by atoms with Crippen LogP contribution in [0.1, 0.15) is 42.9 Å². The summed E-state index contributed by atoms with van der Waals surface area (Å²) in [6.07, 6.45) is 2.58. The highest BCUT2D eigenvalue weighted by molar-refractivity contribution is 5.34. The first-order valence-electron chi connectivity index (χ1n) is 5.09. The van der Waals surface area contributed by atoms with Gasteiger partial charge in [-0.3, -0.25) is 0 Å². The maximum absolute atomic E-state index is 3.38. The summed E-state index contributed by atoms with van der Waals surface area (Å²) < 4.78 is 0. The van der Waals surface area contributed by atoms with Crippen LogP contribution < -0.4 is 5.32 Å². The van der Waals surface area contributed by atoms with Gasteiger partial charge in [0.25, 0.3) is 0 Å². The monoisotopic (exact) mass is 175 g/mol. The molecular formula is C12H17N. The lowest BCUT2D eigenvalue weighted by atomic mass is 9.81. The van der Waals surface area contributed by atoms with Crippen molar-refractivity contribution in [2.75, 3.05) is 7.05 Å². The van der Waals surface area contributed by atoms with Gasteiger partial charge in [-0.05, 0) is 36.9 Å². The van der Waals surface area contributed by atoms with Gasteiger partial charge >= 0.3 is 0 Å². The Labute approximate surface area is 80.2 Å². The minimum absolute atomic E-state index is 0.576. The molecule has 1 heteroatoms. The zero-order valence-corrected chi connectivity index (χ0v) is 8.38. The summed E-state index contributed by atoms with van der Waals surface area (Å²) in [5.41, 5.74) is 3.04. The van der Waals surface area contributed by atoms with Crippen LogP contribution in [0, 0.1) is 0 Å². The van der Waals surface area contributed by atoms with E-state index in [9.17, 15) is 0 Å². The molecule has 2 rings (SSSR count). The molecular weight excluding hydrogens is 158 g/mol. The molecule has 0 radical (unpaired) electrons. The molecule has 0 bridgehead atoms. The van der Waals surface area contributed by atoms with Crippen LogP contribution in [-0.4, -0.2) is 7.05 Å². The number of hydrogen-bond acceptors (Lipinski definition) is 1. The van der Waals surface area contributed by atoms with Crippen LogP contribution in [0.25, 0.3) is 0 Å². The molecule has 0 amide bonds. The molecule has 0 aliphatic heterocycles. The fourth-order valence-electron chi connectivity index (χ4n) is 2.30. The first kappa shape index (κ1) is 8.76. The molecule has 0 spiro atoms. The Kier molecular flexibility index (Phi) is 2.36. The summed E-state index contributed by atoms with van der Waals surface area (Å²) in [5, 5.41) is 3.38. The Bertz CT molecular complexity index is 293. The van der Waals surface area contributed by atoms with Crippen molar-refractivity contribution in [3.8, 4) is 0 Å². The summed E-state index contributed by atoms with van der Waals surface area (Å²) in [5.74, 6) is 0.737. The molecule has 0 aromatic heterocycles. The summed E-state index contributed by atoms with van der Waals surface area (Å²) in [6.45, 7) is 2.32. The van der Waals surface area contributed by atoms with Crippen molar-refractivity contribution in [2.24, 2.45) is 0 Å². The molecule has 0 unspecified atom stereocenters. The number of rotatable bonds is 1. The molecule has 0 saturated heterocycles. The van der Waals surface area contributed by atoms with Crippen LogP contribution in [-0.2, 0) is 0 Å². The van der Waals surface area contributed by atoms with E-state index in [0.717, 1.165) is 5.92 Å². The standard InChI is InChI=1S/C12H17N/c1-9-7-8-12(13-2)11-6-4-3-5-10(9)11/h3-6,9,12-13H,7-8H2,1-2H3/t9-,12-/m0/s1. The Balaban J connectivity index is 2.42. The van der Waals surface area contributed by atoms with Gasteiger partial charge in [0, 0.05) is 6.04 Å². The predicted molar refractivity (Wildman–Crippen MR) is 55.9 cm³/mol. The third-order valence-corrected chi connectivity index (χ3v) is 3.14. The zero-order chi connectivity index (χ0) is 9.26. The van der Waals surface area contributed by atoms with Crippen LogP contribution in [0.4, 0.5) is 0 Å². The molecule has 1 nitrogen and oxygen atoms in total. The summed E-state index contributed by atoms with van der Waals surface area (Å²) in [4.78, 5) is 0. The van der Waals surface area contributed by atoms with Crippen LogP contribution in [0.3, 0.4) is 0 Å². The first-order valence-corrected chi connectivity index (χ1v) is 5.09. The molecule has 1 aliphatic carbocycles. The van der Waals surface area contributed by atoms with Gasteiger partial charge in [0.15, 0.2) is 0 Å². The molecule has 0 heterocycles. The van der Waals surface area contributed by atoms with E-state index in [-0.39, 0.29) is 0 Å². The lowest BCUT2D eigenvalue weighted by Crippen LogP contribution is -2.22. The Morgan fingerprint density at radius 3 is 2.54 bits per heavy atom. The molecule has 0 fully saturated rings. The molecule has 1 N–H and O–H groups in total. The summed E-state index contributed by atoms with van der Waals surface area (Å²) in [6, 6.07) is 9.39. The van der Waals surface area contributed by atoms with Crippen LogP contribution in [0.5, 0.6) is 0 Å². The van der Waals surface area contributed by atoms with E-state index >= 15 is 0 Å². The highest BCUT2D eigenvalue weighted by atomic mass is 14.9. The molecule has 0 saturated carbocycles. The number of hydrogen-bond donors (Lipinski definition) is 1. The number of benzene rings is 1. The Morgan fingerprint density at radius 1 is 1.15 bits per heavy atom. The SMILES string of the molecule is CN[C@H]1CC[C@H](C)c2ccccc21. The van der Waals surface area contributed by atoms with Gasteiger partial charge in [0.2, 0.25) is 0 Å². The number of fused-ring (bicyclic) bond motifs is 1. The highest BCUT2D eigenvalue weighted by Crippen LogP contribution is 2.36. The molecule has 1 aromatic carbocycles. The second kappa shape index (κ2) is 3.51. The van der Waals surface area contributed by atoms with Gasteiger partial charge in [-0.2, -0.15) is 0 Å². The Morgan fingerprint density at radius 2 is 1.85 bits per heavy atom. The fraction of sp³-hybridized carbons (Fsp3) is 0.500. The van der Waals surface area contributed by atoms with Crippen molar-refractivity contribution in [1.29, 1.82) is 0 Å². The van der Waals surface area contributed by atoms with Gasteiger partial charge < -0.3 is 5.32 Å². The van der Waals surface area contributed by atoms with Crippen molar-refractivity contribution < 1.29 is 0 Å². The topological polar surface area (TPSA) is 12.0 Å². The van der Waals surface area contributed by atoms with Crippen LogP contribution in [0.2, 0.25) is 0 Å². The minimum atomic E-state index is 0.576. The largest absolute Gasteiger partial charge is 0.313 e. The van der Waals surface area contributed by atoms with E-state index in [1.54, 1.807) is 0 Å². The minimum Gasteiger partial charge on any atom is -0.313 e. The van der Waals surface area contributed by atoms with Gasteiger partial charge in [0.05, 0.1) is 0 Å². The van der Waals surface area contributed by atoms with Crippen molar-refractivity contribution in [1.82, 2.24) is 5.32 Å². The summed E-state index contributed by atoms with van der Waals surface area (Å²) >= 11 is 0. The van der Waals surface area contributed by atoms with E-state index in [4.69, 9.17) is 0 Å². The molecule has 13 heavy (non-hydrogen) atoms. The van der Waals surface area contributed by atoms with E-state index in [2.05, 4.69) is 43.6 Å². The van der Waals surface area contributed by atoms with E-state index in [0.29, 0.717) is 6.04 Å². The van der Waals surface area contributed by atoms with Gasteiger partial charge in [-0.25, -0.2) is 0 Å². The fourth-order valence-corrected chi connectivity index (χ4v) is 2.30. The normalized spacial score (nSPS) is 26.9. The van der Waals surface area contributed by atoms with Crippen LogP contribution >= 0.6 is 0 Å². The number of nitrogens with one attached hydrogen (secondary N) is 1. The third kappa shape index (κ3) is 1.49. The molecule has 1 aromatic rings. The molecule has 2 atom stereocenters. The lowest BCUT2D eigenvalue weighted by molar-refractivity contribution is 0.460. The van der Waals surface area contributed by atoms with Crippen molar-refractivity contribution in [2.45, 2.75) is 31.7 Å². The first-order chi connectivity index (χ1) is 6.33. The van der Waals surface area contributed by atoms with Crippen LogP contribution in [0.15, 0.2) is 24.3 Å². The van der Waals surface area contributed by atoms with E-state index < -0.39 is 0 Å². The van der Waals surface area contributed by atoms with E-state index in [1.807, 2.05) is 0 Å². The van der Waals surface area contributed by atoms with Gasteiger partial charge in [-0.15, -0.1) is 0 Å². The average Bonchev–Trinajstić information content (AvgIpc) is 2.19. The second-order valence-corrected chi connectivity index (χ2v) is 3.95. The second-order valence-electron chi connectivity index (χ2n) is 3.95. The van der Waals surface area contributed by atoms with Gasteiger partial charge in [0.1, 0.15) is 0 Å². The highest BCUT2D eigenvalue weighted by Gasteiger charge is 2.22. The predicted octanol–water partition coefficient (Wildman–Crippen LogP) is 2.84. The maximum Gasteiger partial charge on any atom is 0.0320 e. The average molecular weight is 175 g/mol. The quantitative estimate of drug-likeness (QED) is 0.692. The zero-order valence-electron chi connectivity index (χ0n) is 8.38. The lowest BCUT2D eigenvalue weighted by Gasteiger charge is -2.29. The summed E-state index contributed by atoms with van der Waals surface area (Å²) in [7, 11) is 2.05. The third-order valence-electron chi connectivity index (χ3n) is 3.14. The van der Waals surface area contributed by atoms with Crippen molar-refractivity contribution in [3.63, 3.8) is 0 Å². The maximum atomic E-state index is 3.38. The smallest absolute Gasteiger partial charge is 0.0320 e.